The normalized spacial score (nSPS) is 11.0. The first-order chi connectivity index (χ1) is 25.8. The molecule has 7 aromatic rings. The minimum absolute atomic E-state index is 0.0636. The van der Waals surface area contributed by atoms with Crippen molar-refractivity contribution in [2.45, 2.75) is 52.9 Å². The summed E-state index contributed by atoms with van der Waals surface area (Å²) in [6, 6.07) is 49.9. The van der Waals surface area contributed by atoms with Crippen molar-refractivity contribution in [3.05, 3.63) is 196 Å². The molecule has 6 nitrogen and oxygen atoms in total. The monoisotopic (exact) mass is 697 g/mol. The smallest absolute Gasteiger partial charge is 0.331 e. The molecular weight excluding hydrogens is 655 g/mol. The van der Waals surface area contributed by atoms with Crippen LogP contribution in [0, 0.1) is 13.8 Å². The molecule has 7 rings (SSSR count). The Morgan fingerprint density at radius 1 is 0.358 bits per heavy atom. The number of hydrogen-bond acceptors (Lipinski definition) is 6. The average Bonchev–Trinajstić information content (AvgIpc) is 3.16. The molecule has 6 heteroatoms. The minimum atomic E-state index is 0.0636. The third-order valence-electron chi connectivity index (χ3n) is 9.08. The first kappa shape index (κ1) is 35.1. The summed E-state index contributed by atoms with van der Waals surface area (Å²) in [6.45, 7) is 8.61. The van der Waals surface area contributed by atoms with Gasteiger partial charge in [0.05, 0.1) is 0 Å². The van der Waals surface area contributed by atoms with Crippen molar-refractivity contribution >= 4 is 0 Å². The van der Waals surface area contributed by atoms with Crippen molar-refractivity contribution in [1.29, 1.82) is 0 Å². The predicted molar refractivity (Wildman–Crippen MR) is 211 cm³/mol. The van der Waals surface area contributed by atoms with Gasteiger partial charge < -0.3 is 14.2 Å². The molecule has 0 unspecified atom stereocenters. The van der Waals surface area contributed by atoms with Crippen LogP contribution in [0.15, 0.2) is 146 Å². The van der Waals surface area contributed by atoms with Crippen molar-refractivity contribution in [1.82, 2.24) is 15.0 Å². The van der Waals surface area contributed by atoms with Crippen LogP contribution >= 0.6 is 0 Å². The number of hydrogen-bond donors (Lipinski definition) is 0. The molecule has 0 saturated heterocycles. The lowest BCUT2D eigenvalue weighted by Gasteiger charge is -2.11. The molecule has 264 valence electrons. The summed E-state index contributed by atoms with van der Waals surface area (Å²) in [4.78, 5) is 13.5. The van der Waals surface area contributed by atoms with E-state index in [1.165, 1.54) is 50.1 Å². The fraction of sp³-hybridized carbons (Fsp3) is 0.170. The highest BCUT2D eigenvalue weighted by molar-refractivity contribution is 5.37. The lowest BCUT2D eigenvalue weighted by Crippen LogP contribution is -2.01. The summed E-state index contributed by atoms with van der Waals surface area (Å²) in [5, 5.41) is 0. The summed E-state index contributed by atoms with van der Waals surface area (Å²) in [5.74, 6) is 2.28. The highest BCUT2D eigenvalue weighted by Crippen LogP contribution is 2.28. The van der Waals surface area contributed by atoms with Crippen molar-refractivity contribution in [2.24, 2.45) is 0 Å². The number of benzene rings is 6. The lowest BCUT2D eigenvalue weighted by molar-refractivity contribution is 0.362. The second-order valence-electron chi connectivity index (χ2n) is 13.8. The molecule has 1 heterocycles. The molecule has 0 saturated carbocycles. The summed E-state index contributed by atoms with van der Waals surface area (Å²) >= 11 is 0. The summed E-state index contributed by atoms with van der Waals surface area (Å²) in [7, 11) is 0. The van der Waals surface area contributed by atoms with E-state index in [1.807, 2.05) is 60.7 Å². The van der Waals surface area contributed by atoms with Crippen LogP contribution in [0.5, 0.6) is 35.3 Å². The van der Waals surface area contributed by atoms with E-state index in [0.29, 0.717) is 23.2 Å². The van der Waals surface area contributed by atoms with Gasteiger partial charge in [-0.3, -0.25) is 0 Å². The Morgan fingerprint density at radius 3 is 0.868 bits per heavy atom. The van der Waals surface area contributed by atoms with Gasteiger partial charge in [-0.15, -0.1) is 15.0 Å². The second-order valence-corrected chi connectivity index (χ2v) is 13.8. The zero-order valence-corrected chi connectivity index (χ0v) is 30.6. The van der Waals surface area contributed by atoms with E-state index in [2.05, 4.69) is 128 Å². The fourth-order valence-corrected chi connectivity index (χ4v) is 5.94. The van der Waals surface area contributed by atoms with Crippen molar-refractivity contribution in [2.75, 3.05) is 0 Å². The maximum atomic E-state index is 6.15. The van der Waals surface area contributed by atoms with Crippen LogP contribution in [-0.4, -0.2) is 15.0 Å². The largest absolute Gasteiger partial charge is 0.424 e. The van der Waals surface area contributed by atoms with Crippen LogP contribution in [0.4, 0.5) is 0 Å². The fourth-order valence-electron chi connectivity index (χ4n) is 5.94. The van der Waals surface area contributed by atoms with Gasteiger partial charge >= 0.3 is 18.0 Å². The summed E-state index contributed by atoms with van der Waals surface area (Å²) in [6.07, 6.45) is 2.48. The Bertz CT molecular complexity index is 2120. The van der Waals surface area contributed by atoms with Crippen LogP contribution in [-0.2, 0) is 19.3 Å². The number of ether oxygens (including phenoxy) is 3. The third-order valence-corrected chi connectivity index (χ3v) is 9.08. The van der Waals surface area contributed by atoms with Crippen LogP contribution in [0.3, 0.4) is 0 Å². The molecular formula is C47H43N3O3. The molecule has 0 amide bonds. The molecule has 1 aromatic heterocycles. The lowest BCUT2D eigenvalue weighted by atomic mass is 9.99. The molecule has 6 aromatic carbocycles. The van der Waals surface area contributed by atoms with E-state index in [1.54, 1.807) is 0 Å². The molecule has 0 atom stereocenters. The van der Waals surface area contributed by atoms with Gasteiger partial charge in [-0.25, -0.2) is 0 Å². The maximum absolute atomic E-state index is 6.15. The minimum Gasteiger partial charge on any atom is -0.424 e. The topological polar surface area (TPSA) is 66.4 Å². The molecule has 0 N–H and O–H groups in total. The van der Waals surface area contributed by atoms with Crippen LogP contribution in [0.1, 0.15) is 69.8 Å². The molecule has 53 heavy (non-hydrogen) atoms. The molecule has 0 bridgehead atoms. The van der Waals surface area contributed by atoms with Gasteiger partial charge in [0.2, 0.25) is 0 Å². The highest BCUT2D eigenvalue weighted by atomic mass is 16.5. The van der Waals surface area contributed by atoms with Gasteiger partial charge in [-0.05, 0) is 114 Å². The standard InChI is InChI=1S/C47H43N3O3/c1-32(2)41-21-13-37(14-22-41)31-40-19-27-44(28-20-40)53-47-49-45(51-42-23-15-38(16-24-42)29-35-9-5-33(3)6-10-35)48-46(50-47)52-43-25-17-39(18-26-43)30-36-11-7-34(4)8-12-36/h5-28,32H,29-31H2,1-4H3. The van der Waals surface area contributed by atoms with Gasteiger partial charge in [0.25, 0.3) is 0 Å². The van der Waals surface area contributed by atoms with Gasteiger partial charge in [-0.2, -0.15) is 0 Å². The van der Waals surface area contributed by atoms with Crippen LogP contribution in [0.2, 0.25) is 0 Å². The Labute approximate surface area is 312 Å². The van der Waals surface area contributed by atoms with Gasteiger partial charge in [-0.1, -0.05) is 134 Å². The molecule has 0 aliphatic carbocycles. The van der Waals surface area contributed by atoms with E-state index >= 15 is 0 Å². The maximum Gasteiger partial charge on any atom is 0.331 e. The molecule has 0 fully saturated rings. The van der Waals surface area contributed by atoms with Gasteiger partial charge in [0.15, 0.2) is 0 Å². The zero-order chi connectivity index (χ0) is 36.6. The van der Waals surface area contributed by atoms with Crippen LogP contribution in [0.25, 0.3) is 0 Å². The molecule has 0 spiro atoms. The van der Waals surface area contributed by atoms with Crippen molar-refractivity contribution in [3.63, 3.8) is 0 Å². The van der Waals surface area contributed by atoms with Gasteiger partial charge in [0, 0.05) is 0 Å². The van der Waals surface area contributed by atoms with E-state index < -0.39 is 0 Å². The first-order valence-electron chi connectivity index (χ1n) is 18.1. The quantitative estimate of drug-likeness (QED) is 0.119. The Kier molecular flexibility index (Phi) is 10.9. The van der Waals surface area contributed by atoms with Crippen LogP contribution < -0.4 is 14.2 Å². The predicted octanol–water partition coefficient (Wildman–Crippen LogP) is 11.8. The average molecular weight is 698 g/mol. The Morgan fingerprint density at radius 2 is 0.604 bits per heavy atom. The third kappa shape index (κ3) is 9.95. The molecule has 0 aliphatic heterocycles. The summed E-state index contributed by atoms with van der Waals surface area (Å²) in [5.41, 5.74) is 11.1. The van der Waals surface area contributed by atoms with Crippen molar-refractivity contribution < 1.29 is 14.2 Å². The number of nitrogens with zero attached hydrogens (tertiary/aromatic N) is 3. The Balaban J connectivity index is 1.07. The van der Waals surface area contributed by atoms with Gasteiger partial charge in [0.1, 0.15) is 17.2 Å². The number of aryl methyl sites for hydroxylation is 2. The SMILES string of the molecule is Cc1ccc(Cc2ccc(Oc3nc(Oc4ccc(Cc5ccc(C)cc5)cc4)nc(Oc4ccc(Cc5ccc(C(C)C)cc5)cc4)n3)cc2)cc1. The van der Waals surface area contributed by atoms with E-state index in [9.17, 15) is 0 Å². The van der Waals surface area contributed by atoms with E-state index in [0.717, 1.165) is 19.3 Å². The summed E-state index contributed by atoms with van der Waals surface area (Å²) < 4.78 is 18.4. The zero-order valence-electron chi connectivity index (χ0n) is 30.6. The first-order valence-corrected chi connectivity index (χ1v) is 18.1. The molecule has 0 aliphatic rings. The Hall–Kier alpha value is -6.27. The number of aromatic nitrogens is 3. The molecule has 0 radical (unpaired) electrons. The second kappa shape index (κ2) is 16.4. The van der Waals surface area contributed by atoms with E-state index in [-0.39, 0.29) is 18.0 Å². The van der Waals surface area contributed by atoms with Crippen molar-refractivity contribution in [3.8, 4) is 35.3 Å². The van der Waals surface area contributed by atoms with E-state index in [4.69, 9.17) is 14.2 Å². The number of rotatable bonds is 13. The highest BCUT2D eigenvalue weighted by Gasteiger charge is 2.14.